The van der Waals surface area contributed by atoms with E-state index in [-0.39, 0.29) is 10.6 Å². The Labute approximate surface area is 178 Å². The predicted octanol–water partition coefficient (Wildman–Crippen LogP) is 3.94. The number of anilines is 1. The van der Waals surface area contributed by atoms with Gasteiger partial charge in [-0.05, 0) is 41.6 Å². The molecule has 1 amide bonds. The Morgan fingerprint density at radius 3 is 2.55 bits per heavy atom. The number of hydrogen-bond acceptors (Lipinski definition) is 5. The number of halogens is 1. The first-order valence-electron chi connectivity index (χ1n) is 8.63. The molecule has 0 radical (unpaired) electrons. The second-order valence-corrected chi connectivity index (χ2v) is 9.45. The summed E-state index contributed by atoms with van der Waals surface area (Å²) >= 11 is 7.11. The average Bonchev–Trinajstić information content (AvgIpc) is 3.24. The number of carbonyl (C=O) groups is 1. The number of thiophene rings is 1. The van der Waals surface area contributed by atoms with Crippen molar-refractivity contribution in [3.05, 3.63) is 76.6 Å². The van der Waals surface area contributed by atoms with Crippen LogP contribution in [-0.4, -0.2) is 27.5 Å². The van der Waals surface area contributed by atoms with Gasteiger partial charge in [-0.1, -0.05) is 48.0 Å². The van der Waals surface area contributed by atoms with Gasteiger partial charge in [0.1, 0.15) is 16.0 Å². The zero-order chi connectivity index (χ0) is 20.9. The SMILES string of the molecule is COc1ccc(Cl)cc1NC(=O)[C@H](Cc1ccccc1)NS(=O)(=O)c1cccs1. The third-order valence-corrected chi connectivity index (χ3v) is 7.18. The zero-order valence-electron chi connectivity index (χ0n) is 15.5. The summed E-state index contributed by atoms with van der Waals surface area (Å²) in [4.78, 5) is 13.0. The van der Waals surface area contributed by atoms with Crippen molar-refractivity contribution in [1.29, 1.82) is 0 Å². The van der Waals surface area contributed by atoms with Crippen molar-refractivity contribution < 1.29 is 17.9 Å². The quantitative estimate of drug-likeness (QED) is 0.544. The molecular weight excluding hydrogens is 432 g/mol. The van der Waals surface area contributed by atoms with E-state index in [1.807, 2.05) is 30.3 Å². The third-order valence-electron chi connectivity index (χ3n) is 4.08. The van der Waals surface area contributed by atoms with Gasteiger partial charge in [0.2, 0.25) is 5.91 Å². The number of sulfonamides is 1. The van der Waals surface area contributed by atoms with E-state index >= 15 is 0 Å². The van der Waals surface area contributed by atoms with E-state index in [4.69, 9.17) is 16.3 Å². The Hall–Kier alpha value is -2.39. The average molecular weight is 451 g/mol. The number of benzene rings is 2. The van der Waals surface area contributed by atoms with Gasteiger partial charge in [-0.2, -0.15) is 4.72 Å². The molecule has 9 heteroatoms. The molecule has 0 saturated heterocycles. The summed E-state index contributed by atoms with van der Waals surface area (Å²) in [7, 11) is -2.37. The van der Waals surface area contributed by atoms with Gasteiger partial charge in [-0.25, -0.2) is 8.42 Å². The van der Waals surface area contributed by atoms with Gasteiger partial charge >= 0.3 is 0 Å². The third kappa shape index (κ3) is 5.57. The molecule has 0 bridgehead atoms. The van der Waals surface area contributed by atoms with Gasteiger partial charge in [0.25, 0.3) is 10.0 Å². The zero-order valence-corrected chi connectivity index (χ0v) is 17.9. The van der Waals surface area contributed by atoms with Crippen LogP contribution in [-0.2, 0) is 21.2 Å². The second kappa shape index (κ2) is 9.41. The normalized spacial score (nSPS) is 12.3. The molecule has 0 spiro atoms. The fraction of sp³-hybridized carbons (Fsp3) is 0.150. The lowest BCUT2D eigenvalue weighted by molar-refractivity contribution is -0.117. The molecule has 152 valence electrons. The largest absolute Gasteiger partial charge is 0.495 e. The fourth-order valence-electron chi connectivity index (χ4n) is 2.70. The molecule has 0 aliphatic heterocycles. The van der Waals surface area contributed by atoms with Crippen molar-refractivity contribution in [2.75, 3.05) is 12.4 Å². The van der Waals surface area contributed by atoms with Crippen LogP contribution in [0, 0.1) is 0 Å². The van der Waals surface area contributed by atoms with Crippen LogP contribution >= 0.6 is 22.9 Å². The molecule has 0 unspecified atom stereocenters. The summed E-state index contributed by atoms with van der Waals surface area (Å²) in [6.07, 6.45) is 0.181. The number of carbonyl (C=O) groups excluding carboxylic acids is 1. The molecule has 0 aliphatic carbocycles. The predicted molar refractivity (Wildman–Crippen MR) is 115 cm³/mol. The molecule has 2 aromatic carbocycles. The Balaban J connectivity index is 1.88. The van der Waals surface area contributed by atoms with Crippen molar-refractivity contribution in [2.45, 2.75) is 16.7 Å². The molecule has 3 aromatic rings. The number of amides is 1. The molecular formula is C20H19ClN2O4S2. The lowest BCUT2D eigenvalue weighted by Crippen LogP contribution is -2.45. The van der Waals surface area contributed by atoms with Crippen LogP contribution in [0.1, 0.15) is 5.56 Å². The van der Waals surface area contributed by atoms with E-state index in [1.165, 1.54) is 13.2 Å². The Morgan fingerprint density at radius 2 is 1.90 bits per heavy atom. The highest BCUT2D eigenvalue weighted by molar-refractivity contribution is 7.91. The van der Waals surface area contributed by atoms with Crippen molar-refractivity contribution in [1.82, 2.24) is 4.72 Å². The summed E-state index contributed by atoms with van der Waals surface area (Å²) in [5.74, 6) is -0.100. The summed E-state index contributed by atoms with van der Waals surface area (Å²) in [6.45, 7) is 0. The van der Waals surface area contributed by atoms with Crippen LogP contribution in [0.2, 0.25) is 5.02 Å². The fourth-order valence-corrected chi connectivity index (χ4v) is 5.07. The Morgan fingerprint density at radius 1 is 1.14 bits per heavy atom. The van der Waals surface area contributed by atoms with Crippen molar-refractivity contribution >= 4 is 44.6 Å². The van der Waals surface area contributed by atoms with E-state index in [0.717, 1.165) is 16.9 Å². The highest BCUT2D eigenvalue weighted by Crippen LogP contribution is 2.28. The number of nitrogens with one attached hydrogen (secondary N) is 2. The molecule has 0 saturated carbocycles. The maximum Gasteiger partial charge on any atom is 0.250 e. The van der Waals surface area contributed by atoms with Gasteiger partial charge in [-0.15, -0.1) is 11.3 Å². The smallest absolute Gasteiger partial charge is 0.250 e. The summed E-state index contributed by atoms with van der Waals surface area (Å²) < 4.78 is 33.3. The van der Waals surface area contributed by atoms with Crippen molar-refractivity contribution in [2.24, 2.45) is 0 Å². The topological polar surface area (TPSA) is 84.5 Å². The Bertz CT molecular complexity index is 1070. The molecule has 29 heavy (non-hydrogen) atoms. The van der Waals surface area contributed by atoms with E-state index in [1.54, 1.807) is 29.6 Å². The van der Waals surface area contributed by atoms with Crippen LogP contribution < -0.4 is 14.8 Å². The van der Waals surface area contributed by atoms with E-state index in [9.17, 15) is 13.2 Å². The summed E-state index contributed by atoms with van der Waals surface area (Å²) in [6, 6.07) is 16.1. The molecule has 0 fully saturated rings. The molecule has 1 atom stereocenters. The van der Waals surface area contributed by atoms with Gasteiger partial charge in [0.05, 0.1) is 12.8 Å². The molecule has 6 nitrogen and oxygen atoms in total. The maximum absolute atomic E-state index is 13.0. The first-order valence-corrected chi connectivity index (χ1v) is 11.4. The van der Waals surface area contributed by atoms with E-state index in [0.29, 0.717) is 16.5 Å². The van der Waals surface area contributed by atoms with Crippen LogP contribution in [0.3, 0.4) is 0 Å². The van der Waals surface area contributed by atoms with Crippen molar-refractivity contribution in [3.8, 4) is 5.75 Å². The number of hydrogen-bond donors (Lipinski definition) is 2. The van der Waals surface area contributed by atoms with E-state index < -0.39 is 22.0 Å². The molecule has 2 N–H and O–H groups in total. The van der Waals surface area contributed by atoms with Gasteiger partial charge < -0.3 is 10.1 Å². The lowest BCUT2D eigenvalue weighted by atomic mass is 10.1. The van der Waals surface area contributed by atoms with Crippen LogP contribution in [0.15, 0.2) is 70.3 Å². The minimum atomic E-state index is -3.85. The standard InChI is InChI=1S/C20H19ClN2O4S2/c1-27-18-10-9-15(21)13-16(18)22-20(24)17(12-14-6-3-2-4-7-14)23-29(25,26)19-8-5-11-28-19/h2-11,13,17,23H,12H2,1H3,(H,22,24)/t17-/m0/s1. The second-order valence-electron chi connectivity index (χ2n) is 6.13. The van der Waals surface area contributed by atoms with Crippen LogP contribution in [0.5, 0.6) is 5.75 Å². The van der Waals surface area contributed by atoms with E-state index in [2.05, 4.69) is 10.0 Å². The number of methoxy groups -OCH3 is 1. The minimum Gasteiger partial charge on any atom is -0.495 e. The summed E-state index contributed by atoms with van der Waals surface area (Å²) in [5.41, 5.74) is 1.18. The first kappa shape index (κ1) is 21.3. The Kier molecular flexibility index (Phi) is 6.92. The molecule has 0 aliphatic rings. The highest BCUT2D eigenvalue weighted by atomic mass is 35.5. The molecule has 3 rings (SSSR count). The first-order chi connectivity index (χ1) is 13.9. The molecule has 1 heterocycles. The maximum atomic E-state index is 13.0. The summed E-state index contributed by atoms with van der Waals surface area (Å²) in [5, 5.41) is 4.80. The van der Waals surface area contributed by atoms with Crippen LogP contribution in [0.4, 0.5) is 5.69 Å². The monoisotopic (exact) mass is 450 g/mol. The highest BCUT2D eigenvalue weighted by Gasteiger charge is 2.27. The molecule has 1 aromatic heterocycles. The minimum absolute atomic E-state index is 0.142. The van der Waals surface area contributed by atoms with Gasteiger partial charge in [0.15, 0.2) is 0 Å². The van der Waals surface area contributed by atoms with Crippen molar-refractivity contribution in [3.63, 3.8) is 0 Å². The van der Waals surface area contributed by atoms with Gasteiger partial charge in [-0.3, -0.25) is 4.79 Å². The lowest BCUT2D eigenvalue weighted by Gasteiger charge is -2.19. The number of rotatable bonds is 8. The van der Waals surface area contributed by atoms with Gasteiger partial charge in [0, 0.05) is 5.02 Å². The number of ether oxygens (including phenoxy) is 1. The van der Waals surface area contributed by atoms with Crippen LogP contribution in [0.25, 0.3) is 0 Å².